The van der Waals surface area contributed by atoms with Crippen LogP contribution in [-0.4, -0.2) is 48.7 Å². The van der Waals surface area contributed by atoms with Crippen molar-refractivity contribution in [2.75, 3.05) is 42.9 Å². The van der Waals surface area contributed by atoms with Crippen molar-refractivity contribution in [2.24, 2.45) is 0 Å². The lowest BCUT2D eigenvalue weighted by Gasteiger charge is -2.35. The number of anilines is 2. The molecule has 0 radical (unpaired) electrons. The number of para-hydroxylation sites is 1. The summed E-state index contributed by atoms with van der Waals surface area (Å²) < 4.78 is 19.1. The van der Waals surface area contributed by atoms with Gasteiger partial charge in [-0.3, -0.25) is 15.0 Å². The second-order valence-corrected chi connectivity index (χ2v) is 7.59. The van der Waals surface area contributed by atoms with Crippen molar-refractivity contribution < 1.29 is 13.7 Å². The molecule has 1 aliphatic heterocycles. The molecule has 1 amide bonds. The second-order valence-electron chi connectivity index (χ2n) is 7.59. The quantitative estimate of drug-likeness (QED) is 0.908. The molecule has 2 heterocycles. The van der Waals surface area contributed by atoms with Gasteiger partial charge in [-0.1, -0.05) is 38.1 Å². The van der Waals surface area contributed by atoms with Crippen LogP contribution in [0.2, 0.25) is 0 Å². The number of carbonyl (C=O) groups excluding carboxylic acids is 1. The summed E-state index contributed by atoms with van der Waals surface area (Å²) in [6, 6.07) is 8.54. The van der Waals surface area contributed by atoms with Gasteiger partial charge in [-0.05, 0) is 12.1 Å². The van der Waals surface area contributed by atoms with E-state index in [0.29, 0.717) is 37.8 Å². The van der Waals surface area contributed by atoms with E-state index in [1.165, 1.54) is 6.07 Å². The summed E-state index contributed by atoms with van der Waals surface area (Å²) in [5, 5.41) is 6.74. The number of benzene rings is 1. The van der Waals surface area contributed by atoms with E-state index >= 15 is 0 Å². The smallest absolute Gasteiger partial charge is 0.240 e. The molecule has 140 valence electrons. The molecule has 6 nitrogen and oxygen atoms in total. The summed E-state index contributed by atoms with van der Waals surface area (Å²) in [6.07, 6.45) is 0. The van der Waals surface area contributed by atoms with Gasteiger partial charge in [0, 0.05) is 37.7 Å². The molecule has 7 heteroatoms. The molecule has 1 saturated heterocycles. The first-order chi connectivity index (χ1) is 12.3. The summed E-state index contributed by atoms with van der Waals surface area (Å²) in [5.74, 6) is 0.0181. The van der Waals surface area contributed by atoms with Crippen LogP contribution in [0.4, 0.5) is 16.0 Å². The molecular formula is C19H25FN4O2. The molecule has 0 bridgehead atoms. The van der Waals surface area contributed by atoms with Gasteiger partial charge in [0.05, 0.1) is 17.9 Å². The Hall–Kier alpha value is -2.41. The Kier molecular flexibility index (Phi) is 5.27. The Morgan fingerprint density at radius 2 is 1.92 bits per heavy atom. The minimum Gasteiger partial charge on any atom is -0.367 e. The number of carbonyl (C=O) groups is 1. The van der Waals surface area contributed by atoms with E-state index in [1.54, 1.807) is 18.2 Å². The van der Waals surface area contributed by atoms with Crippen LogP contribution in [0.25, 0.3) is 0 Å². The number of nitrogens with one attached hydrogen (secondary N) is 1. The van der Waals surface area contributed by atoms with Crippen molar-refractivity contribution in [1.82, 2.24) is 10.1 Å². The summed E-state index contributed by atoms with van der Waals surface area (Å²) in [6.45, 7) is 9.14. The van der Waals surface area contributed by atoms with Gasteiger partial charge in [0.2, 0.25) is 11.8 Å². The van der Waals surface area contributed by atoms with Gasteiger partial charge in [-0.25, -0.2) is 4.39 Å². The Bertz CT molecular complexity index is 761. The lowest BCUT2D eigenvalue weighted by atomic mass is 9.92. The van der Waals surface area contributed by atoms with E-state index in [2.05, 4.69) is 10.5 Å². The number of amides is 1. The number of piperazine rings is 1. The van der Waals surface area contributed by atoms with Crippen LogP contribution in [0.3, 0.4) is 0 Å². The number of halogens is 1. The van der Waals surface area contributed by atoms with Crippen LogP contribution in [0.5, 0.6) is 0 Å². The van der Waals surface area contributed by atoms with Gasteiger partial charge in [-0.15, -0.1) is 0 Å². The number of aromatic nitrogens is 1. The Morgan fingerprint density at radius 1 is 1.23 bits per heavy atom. The minimum absolute atomic E-state index is 0.129. The monoisotopic (exact) mass is 360 g/mol. The lowest BCUT2D eigenvalue weighted by molar-refractivity contribution is -0.117. The second kappa shape index (κ2) is 7.45. The molecular weight excluding hydrogens is 335 g/mol. The standard InChI is InChI=1S/C19H25FN4O2/c1-19(2,3)16-12-18(26-22-16)21-17(25)13-23-8-10-24(11-9-23)15-7-5-4-6-14(15)20/h4-7,12H,8-11,13H2,1-3H3,(H,21,25). The van der Waals surface area contributed by atoms with E-state index < -0.39 is 0 Å². The predicted octanol–water partition coefficient (Wildman–Crippen LogP) is 2.87. The zero-order chi connectivity index (χ0) is 18.7. The van der Waals surface area contributed by atoms with Gasteiger partial charge in [-0.2, -0.15) is 0 Å². The fourth-order valence-corrected chi connectivity index (χ4v) is 2.92. The fraction of sp³-hybridized carbons (Fsp3) is 0.474. The average Bonchev–Trinajstić information content (AvgIpc) is 3.05. The first-order valence-corrected chi connectivity index (χ1v) is 8.82. The maximum absolute atomic E-state index is 13.9. The van der Waals surface area contributed by atoms with E-state index in [0.717, 1.165) is 5.69 Å². The zero-order valence-corrected chi connectivity index (χ0v) is 15.5. The van der Waals surface area contributed by atoms with Crippen LogP contribution < -0.4 is 10.2 Å². The van der Waals surface area contributed by atoms with Crippen LogP contribution in [0, 0.1) is 5.82 Å². The summed E-state index contributed by atoms with van der Waals surface area (Å²) >= 11 is 0. The van der Waals surface area contributed by atoms with E-state index in [4.69, 9.17) is 4.52 Å². The van der Waals surface area contributed by atoms with Gasteiger partial charge >= 0.3 is 0 Å². The van der Waals surface area contributed by atoms with Crippen molar-refractivity contribution in [2.45, 2.75) is 26.2 Å². The normalized spacial score (nSPS) is 15.9. The van der Waals surface area contributed by atoms with Crippen molar-refractivity contribution in [1.29, 1.82) is 0 Å². The van der Waals surface area contributed by atoms with Crippen LogP contribution in [0.1, 0.15) is 26.5 Å². The zero-order valence-electron chi connectivity index (χ0n) is 15.5. The van der Waals surface area contributed by atoms with Gasteiger partial charge < -0.3 is 9.42 Å². The van der Waals surface area contributed by atoms with Crippen molar-refractivity contribution in [3.8, 4) is 0 Å². The molecule has 0 spiro atoms. The summed E-state index contributed by atoms with van der Waals surface area (Å²) in [7, 11) is 0. The highest BCUT2D eigenvalue weighted by Crippen LogP contribution is 2.24. The third-order valence-corrected chi connectivity index (χ3v) is 4.47. The maximum Gasteiger partial charge on any atom is 0.240 e. The molecule has 0 saturated carbocycles. The number of rotatable bonds is 4. The first-order valence-electron chi connectivity index (χ1n) is 8.82. The minimum atomic E-state index is -0.210. The Labute approximate surface area is 152 Å². The van der Waals surface area contributed by atoms with Crippen molar-refractivity contribution >= 4 is 17.5 Å². The highest BCUT2D eigenvalue weighted by atomic mass is 19.1. The van der Waals surface area contributed by atoms with Crippen LogP contribution >= 0.6 is 0 Å². The number of nitrogens with zero attached hydrogens (tertiary/aromatic N) is 3. The van der Waals surface area contributed by atoms with Gasteiger partial charge in [0.1, 0.15) is 5.82 Å². The molecule has 26 heavy (non-hydrogen) atoms. The SMILES string of the molecule is CC(C)(C)c1cc(NC(=O)CN2CCN(c3ccccc3F)CC2)on1. The molecule has 1 aromatic carbocycles. The fourth-order valence-electron chi connectivity index (χ4n) is 2.92. The third-order valence-electron chi connectivity index (χ3n) is 4.47. The molecule has 3 rings (SSSR count). The van der Waals surface area contributed by atoms with Gasteiger partial charge in [0.25, 0.3) is 0 Å². The van der Waals surface area contributed by atoms with Gasteiger partial charge in [0.15, 0.2) is 0 Å². The molecule has 0 unspecified atom stereocenters. The molecule has 1 N–H and O–H groups in total. The Morgan fingerprint density at radius 3 is 2.54 bits per heavy atom. The highest BCUT2D eigenvalue weighted by Gasteiger charge is 2.22. The maximum atomic E-state index is 13.9. The predicted molar refractivity (Wildman–Crippen MR) is 98.9 cm³/mol. The molecule has 2 aromatic rings. The van der Waals surface area contributed by atoms with Crippen molar-refractivity contribution in [3.05, 3.63) is 41.8 Å². The topological polar surface area (TPSA) is 61.6 Å². The lowest BCUT2D eigenvalue weighted by Crippen LogP contribution is -2.48. The van der Waals surface area contributed by atoms with Crippen LogP contribution in [0.15, 0.2) is 34.9 Å². The average molecular weight is 360 g/mol. The van der Waals surface area contributed by atoms with E-state index in [9.17, 15) is 9.18 Å². The summed E-state index contributed by atoms with van der Waals surface area (Å²) in [4.78, 5) is 16.3. The molecule has 1 aliphatic rings. The third kappa shape index (κ3) is 4.40. The number of hydrogen-bond donors (Lipinski definition) is 1. The summed E-state index contributed by atoms with van der Waals surface area (Å²) in [5.41, 5.74) is 1.29. The first kappa shape index (κ1) is 18.4. The molecule has 0 atom stereocenters. The molecule has 1 aromatic heterocycles. The van der Waals surface area contributed by atoms with E-state index in [1.807, 2.05) is 36.6 Å². The molecule has 0 aliphatic carbocycles. The highest BCUT2D eigenvalue weighted by molar-refractivity contribution is 5.91. The van der Waals surface area contributed by atoms with Crippen molar-refractivity contribution in [3.63, 3.8) is 0 Å². The molecule has 1 fully saturated rings. The van der Waals surface area contributed by atoms with E-state index in [-0.39, 0.29) is 23.7 Å². The Balaban J connectivity index is 1.49. The largest absolute Gasteiger partial charge is 0.367 e. The number of hydrogen-bond acceptors (Lipinski definition) is 5. The van der Waals surface area contributed by atoms with Crippen LogP contribution in [-0.2, 0) is 10.2 Å².